The van der Waals surface area contributed by atoms with Gasteiger partial charge in [0.1, 0.15) is 6.54 Å². The van der Waals surface area contributed by atoms with Crippen LogP contribution in [0.4, 0.5) is 4.79 Å². The Kier molecular flexibility index (Phi) is 6.95. The summed E-state index contributed by atoms with van der Waals surface area (Å²) in [6.45, 7) is 4.12. The van der Waals surface area contributed by atoms with Crippen molar-refractivity contribution in [3.05, 3.63) is 12.7 Å². The van der Waals surface area contributed by atoms with Crippen LogP contribution in [0.2, 0.25) is 0 Å². The molecule has 0 bridgehead atoms. The van der Waals surface area contributed by atoms with E-state index in [2.05, 4.69) is 6.58 Å². The molecule has 0 atom stereocenters. The van der Waals surface area contributed by atoms with Crippen LogP contribution in [0.15, 0.2) is 12.7 Å². The molecule has 0 rings (SSSR count). The largest absolute Gasteiger partial charge is 0.480 e. The van der Waals surface area contributed by atoms with Gasteiger partial charge in [0.25, 0.3) is 0 Å². The van der Waals surface area contributed by atoms with Gasteiger partial charge in [-0.15, -0.1) is 6.58 Å². The van der Waals surface area contributed by atoms with E-state index in [1.54, 1.807) is 13.1 Å². The number of hydrogen-bond acceptors (Lipinski definition) is 3. The minimum absolute atomic E-state index is 0.253. The molecule has 0 radical (unpaired) electrons. The lowest BCUT2D eigenvalue weighted by molar-refractivity contribution is -0.137. The Morgan fingerprint density at radius 1 is 1.50 bits per heavy atom. The zero-order valence-electron chi connectivity index (χ0n) is 9.68. The molecule has 16 heavy (non-hydrogen) atoms. The SMILES string of the molecule is C=CCN(C)C(=O)N(CCOC)CC(=O)O. The molecule has 0 aromatic rings. The number of carboxylic acid groups (broad SMARTS) is 1. The highest BCUT2D eigenvalue weighted by molar-refractivity contribution is 5.80. The molecule has 92 valence electrons. The molecule has 0 aromatic heterocycles. The minimum atomic E-state index is -1.04. The van der Waals surface area contributed by atoms with Crippen molar-refractivity contribution in [2.45, 2.75) is 0 Å². The molecule has 6 heteroatoms. The molecule has 0 unspecified atom stereocenters. The van der Waals surface area contributed by atoms with Crippen molar-refractivity contribution in [3.63, 3.8) is 0 Å². The first-order chi connectivity index (χ1) is 7.52. The third-order valence-corrected chi connectivity index (χ3v) is 1.89. The van der Waals surface area contributed by atoms with Gasteiger partial charge in [-0.3, -0.25) is 4.79 Å². The Morgan fingerprint density at radius 3 is 2.56 bits per heavy atom. The normalized spacial score (nSPS) is 9.62. The summed E-state index contributed by atoms with van der Waals surface area (Å²) in [7, 11) is 3.09. The van der Waals surface area contributed by atoms with E-state index >= 15 is 0 Å². The fraction of sp³-hybridized carbons (Fsp3) is 0.600. The smallest absolute Gasteiger partial charge is 0.323 e. The van der Waals surface area contributed by atoms with Crippen LogP contribution in [0.3, 0.4) is 0 Å². The van der Waals surface area contributed by atoms with Crippen LogP contribution in [0.5, 0.6) is 0 Å². The average molecular weight is 230 g/mol. The van der Waals surface area contributed by atoms with Crippen LogP contribution >= 0.6 is 0 Å². The molecule has 0 aliphatic carbocycles. The Bertz CT molecular complexity index is 255. The van der Waals surface area contributed by atoms with E-state index < -0.39 is 5.97 Å². The molecule has 1 N–H and O–H groups in total. The number of ether oxygens (including phenoxy) is 1. The first kappa shape index (κ1) is 14.4. The number of hydrogen-bond donors (Lipinski definition) is 1. The summed E-state index contributed by atoms with van der Waals surface area (Å²) in [5.41, 5.74) is 0. The van der Waals surface area contributed by atoms with Gasteiger partial charge in [-0.05, 0) is 0 Å². The summed E-state index contributed by atoms with van der Waals surface area (Å²) in [6.07, 6.45) is 1.58. The molecule has 0 saturated heterocycles. The molecular weight excluding hydrogens is 212 g/mol. The minimum Gasteiger partial charge on any atom is -0.480 e. The highest BCUT2D eigenvalue weighted by Crippen LogP contribution is 1.97. The fourth-order valence-electron chi connectivity index (χ4n) is 1.12. The molecule has 0 aromatic carbocycles. The number of likely N-dealkylation sites (N-methyl/N-ethyl adjacent to an activating group) is 1. The molecule has 6 nitrogen and oxygen atoms in total. The maximum absolute atomic E-state index is 11.8. The van der Waals surface area contributed by atoms with Gasteiger partial charge >= 0.3 is 12.0 Å². The maximum atomic E-state index is 11.8. The van der Waals surface area contributed by atoms with E-state index in [0.29, 0.717) is 13.2 Å². The van der Waals surface area contributed by atoms with Crippen LogP contribution in [-0.2, 0) is 9.53 Å². The number of carbonyl (C=O) groups excluding carboxylic acids is 1. The van der Waals surface area contributed by atoms with E-state index in [1.807, 2.05) is 0 Å². The lowest BCUT2D eigenvalue weighted by atomic mass is 10.4. The van der Waals surface area contributed by atoms with Crippen molar-refractivity contribution in [1.82, 2.24) is 9.80 Å². The van der Waals surface area contributed by atoms with Crippen molar-refractivity contribution < 1.29 is 19.4 Å². The summed E-state index contributed by atoms with van der Waals surface area (Å²) in [4.78, 5) is 25.0. The van der Waals surface area contributed by atoms with Crippen LogP contribution in [0, 0.1) is 0 Å². The van der Waals surface area contributed by atoms with Gasteiger partial charge in [-0.25, -0.2) is 4.79 Å². The third-order valence-electron chi connectivity index (χ3n) is 1.89. The van der Waals surface area contributed by atoms with Crippen LogP contribution in [-0.4, -0.2) is 67.3 Å². The lowest BCUT2D eigenvalue weighted by Gasteiger charge is -2.25. The summed E-state index contributed by atoms with van der Waals surface area (Å²) in [5.74, 6) is -1.04. The predicted octanol–water partition coefficient (Wildman–Crippen LogP) is 0.257. The molecule has 0 fully saturated rings. The molecule has 0 aliphatic heterocycles. The summed E-state index contributed by atoms with van der Waals surface area (Å²) in [6, 6.07) is -0.348. The third kappa shape index (κ3) is 5.35. The van der Waals surface area contributed by atoms with Gasteiger partial charge in [0.05, 0.1) is 6.61 Å². The van der Waals surface area contributed by atoms with E-state index in [1.165, 1.54) is 16.9 Å². The van der Waals surface area contributed by atoms with E-state index in [9.17, 15) is 9.59 Å². The maximum Gasteiger partial charge on any atom is 0.323 e. The molecule has 0 aliphatic rings. The van der Waals surface area contributed by atoms with Crippen molar-refractivity contribution in [2.75, 3.05) is 40.4 Å². The van der Waals surface area contributed by atoms with Crippen LogP contribution in [0.25, 0.3) is 0 Å². The fourth-order valence-corrected chi connectivity index (χ4v) is 1.12. The van der Waals surface area contributed by atoms with Crippen molar-refractivity contribution in [1.29, 1.82) is 0 Å². The molecule has 2 amide bonds. The number of carbonyl (C=O) groups is 2. The number of nitrogens with zero attached hydrogens (tertiary/aromatic N) is 2. The van der Waals surface area contributed by atoms with Gasteiger partial charge in [-0.1, -0.05) is 6.08 Å². The Morgan fingerprint density at radius 2 is 2.12 bits per heavy atom. The highest BCUT2D eigenvalue weighted by atomic mass is 16.5. The van der Waals surface area contributed by atoms with Gasteiger partial charge in [0.2, 0.25) is 0 Å². The zero-order valence-corrected chi connectivity index (χ0v) is 9.68. The topological polar surface area (TPSA) is 70.1 Å². The van der Waals surface area contributed by atoms with Crippen molar-refractivity contribution in [3.8, 4) is 0 Å². The Hall–Kier alpha value is -1.56. The zero-order chi connectivity index (χ0) is 12.6. The standard InChI is InChI=1S/C10H18N2O4/c1-4-5-11(2)10(15)12(6-7-16-3)8-9(13)14/h4H,1,5-8H2,2-3H3,(H,13,14). The number of methoxy groups -OCH3 is 1. The molecule has 0 heterocycles. The Labute approximate surface area is 95.1 Å². The molecular formula is C10H18N2O4. The average Bonchev–Trinajstić information content (AvgIpc) is 2.23. The number of urea groups is 1. The van der Waals surface area contributed by atoms with Crippen molar-refractivity contribution >= 4 is 12.0 Å². The van der Waals surface area contributed by atoms with E-state index in [0.717, 1.165) is 0 Å². The quantitative estimate of drug-likeness (QED) is 0.637. The van der Waals surface area contributed by atoms with E-state index in [4.69, 9.17) is 9.84 Å². The first-order valence-electron chi connectivity index (χ1n) is 4.84. The van der Waals surface area contributed by atoms with Crippen LogP contribution < -0.4 is 0 Å². The molecule has 0 spiro atoms. The number of amides is 2. The van der Waals surface area contributed by atoms with E-state index in [-0.39, 0.29) is 19.1 Å². The summed E-state index contributed by atoms with van der Waals surface area (Å²) >= 11 is 0. The highest BCUT2D eigenvalue weighted by Gasteiger charge is 2.19. The number of rotatable bonds is 7. The van der Waals surface area contributed by atoms with Gasteiger partial charge in [0, 0.05) is 27.2 Å². The molecule has 0 saturated carbocycles. The number of aliphatic carboxylic acids is 1. The van der Waals surface area contributed by atoms with Crippen molar-refractivity contribution in [2.24, 2.45) is 0 Å². The predicted molar refractivity (Wildman–Crippen MR) is 59.3 cm³/mol. The lowest BCUT2D eigenvalue weighted by Crippen LogP contribution is -2.45. The Balaban J connectivity index is 4.40. The monoisotopic (exact) mass is 230 g/mol. The number of carboxylic acids is 1. The summed E-state index contributed by atoms with van der Waals surface area (Å²) in [5, 5.41) is 8.67. The second kappa shape index (κ2) is 7.70. The summed E-state index contributed by atoms with van der Waals surface area (Å²) < 4.78 is 4.82. The van der Waals surface area contributed by atoms with Gasteiger partial charge in [0.15, 0.2) is 0 Å². The van der Waals surface area contributed by atoms with Gasteiger partial charge < -0.3 is 19.6 Å². The first-order valence-corrected chi connectivity index (χ1v) is 4.84. The van der Waals surface area contributed by atoms with Crippen LogP contribution in [0.1, 0.15) is 0 Å². The second-order valence-electron chi connectivity index (χ2n) is 3.26. The van der Waals surface area contributed by atoms with Gasteiger partial charge in [-0.2, -0.15) is 0 Å². The second-order valence-corrected chi connectivity index (χ2v) is 3.26.